The van der Waals surface area contributed by atoms with Crippen LogP contribution < -0.4 is 4.74 Å². The Morgan fingerprint density at radius 2 is 1.97 bits per heavy atom. The molecule has 0 amide bonds. The van der Waals surface area contributed by atoms with Crippen LogP contribution in [-0.2, 0) is 20.4 Å². The SMILES string of the molecule is COC(=O)C(COC(C)C)Oc1ncnc2c1cnn2-c1ncc(Cl)cc1C(F)(F)F. The molecule has 13 heteroatoms. The van der Waals surface area contributed by atoms with Crippen molar-refractivity contribution >= 4 is 28.6 Å². The largest absolute Gasteiger partial charge is 0.466 e. The first-order valence-corrected chi connectivity index (χ1v) is 9.27. The highest BCUT2D eigenvalue weighted by Crippen LogP contribution is 2.35. The molecule has 0 N–H and O–H groups in total. The maximum Gasteiger partial charge on any atom is 0.420 e. The number of alkyl halides is 3. The van der Waals surface area contributed by atoms with E-state index in [9.17, 15) is 18.0 Å². The van der Waals surface area contributed by atoms with Crippen LogP contribution in [-0.4, -0.2) is 56.6 Å². The summed E-state index contributed by atoms with van der Waals surface area (Å²) in [6.45, 7) is 3.43. The molecule has 0 aromatic carbocycles. The van der Waals surface area contributed by atoms with E-state index in [1.807, 2.05) is 0 Å². The fourth-order valence-corrected chi connectivity index (χ4v) is 2.74. The van der Waals surface area contributed by atoms with Gasteiger partial charge >= 0.3 is 12.1 Å². The number of hydrogen-bond acceptors (Lipinski definition) is 8. The van der Waals surface area contributed by atoms with E-state index in [2.05, 4.69) is 20.1 Å². The summed E-state index contributed by atoms with van der Waals surface area (Å²) in [4.78, 5) is 23.8. The molecular formula is C18H17ClF3N5O4. The first kappa shape index (κ1) is 22.7. The van der Waals surface area contributed by atoms with Gasteiger partial charge in [-0.2, -0.15) is 23.0 Å². The van der Waals surface area contributed by atoms with Gasteiger partial charge in [-0.25, -0.2) is 19.7 Å². The molecule has 3 heterocycles. The summed E-state index contributed by atoms with van der Waals surface area (Å²) in [5.41, 5.74) is -1.11. The summed E-state index contributed by atoms with van der Waals surface area (Å²) in [7, 11) is 1.19. The van der Waals surface area contributed by atoms with Gasteiger partial charge in [0.2, 0.25) is 12.0 Å². The van der Waals surface area contributed by atoms with E-state index in [-0.39, 0.29) is 34.6 Å². The smallest absolute Gasteiger partial charge is 0.420 e. The number of nitrogens with zero attached hydrogens (tertiary/aromatic N) is 5. The van der Waals surface area contributed by atoms with Gasteiger partial charge in [-0.1, -0.05) is 11.6 Å². The third-order valence-electron chi connectivity index (χ3n) is 3.97. The highest BCUT2D eigenvalue weighted by atomic mass is 35.5. The second-order valence-corrected chi connectivity index (χ2v) is 6.94. The molecule has 3 aromatic heterocycles. The van der Waals surface area contributed by atoms with Crippen molar-refractivity contribution in [3.8, 4) is 11.7 Å². The number of hydrogen-bond donors (Lipinski definition) is 0. The van der Waals surface area contributed by atoms with Gasteiger partial charge in [0.05, 0.1) is 31.0 Å². The number of halogens is 4. The number of fused-ring (bicyclic) bond motifs is 1. The van der Waals surface area contributed by atoms with E-state index in [1.54, 1.807) is 13.8 Å². The Morgan fingerprint density at radius 3 is 2.61 bits per heavy atom. The molecule has 1 atom stereocenters. The number of pyridine rings is 1. The molecular weight excluding hydrogens is 443 g/mol. The highest BCUT2D eigenvalue weighted by Gasteiger charge is 2.36. The number of ether oxygens (including phenoxy) is 3. The molecule has 0 saturated heterocycles. The van der Waals surface area contributed by atoms with E-state index < -0.39 is 29.6 Å². The van der Waals surface area contributed by atoms with E-state index in [1.165, 1.54) is 13.3 Å². The number of carbonyl (C=O) groups excluding carboxylic acids is 1. The van der Waals surface area contributed by atoms with Crippen LogP contribution in [0.1, 0.15) is 19.4 Å². The lowest BCUT2D eigenvalue weighted by Crippen LogP contribution is -2.34. The summed E-state index contributed by atoms with van der Waals surface area (Å²) >= 11 is 5.69. The van der Waals surface area contributed by atoms with E-state index in [0.717, 1.165) is 23.3 Å². The van der Waals surface area contributed by atoms with E-state index in [0.29, 0.717) is 0 Å². The molecule has 0 aliphatic carbocycles. The van der Waals surface area contributed by atoms with Crippen LogP contribution in [0.3, 0.4) is 0 Å². The zero-order valence-electron chi connectivity index (χ0n) is 16.6. The molecule has 0 aliphatic rings. The molecule has 9 nitrogen and oxygen atoms in total. The molecule has 31 heavy (non-hydrogen) atoms. The number of esters is 1. The molecule has 3 rings (SSSR count). The minimum absolute atomic E-state index is 0.0151. The van der Waals surface area contributed by atoms with Gasteiger partial charge in [0, 0.05) is 6.20 Å². The minimum atomic E-state index is -4.73. The van der Waals surface area contributed by atoms with Crippen LogP contribution in [0.25, 0.3) is 16.9 Å². The van der Waals surface area contributed by atoms with Crippen molar-refractivity contribution in [3.63, 3.8) is 0 Å². The lowest BCUT2D eigenvalue weighted by Gasteiger charge is -2.18. The normalized spacial score (nSPS) is 12.9. The van der Waals surface area contributed by atoms with Crippen molar-refractivity contribution in [1.29, 1.82) is 0 Å². The third kappa shape index (κ3) is 5.02. The molecule has 3 aromatic rings. The first-order valence-electron chi connectivity index (χ1n) is 8.89. The van der Waals surface area contributed by atoms with Crippen LogP contribution in [0.2, 0.25) is 5.02 Å². The van der Waals surface area contributed by atoms with Crippen molar-refractivity contribution in [3.05, 3.63) is 35.4 Å². The number of carbonyl (C=O) groups is 1. The Hall–Kier alpha value is -2.99. The molecule has 0 fully saturated rings. The van der Waals surface area contributed by atoms with Gasteiger partial charge in [0.15, 0.2) is 11.5 Å². The predicted molar refractivity (Wildman–Crippen MR) is 102 cm³/mol. The summed E-state index contributed by atoms with van der Waals surface area (Å²) in [6.07, 6.45) is -2.74. The van der Waals surface area contributed by atoms with Crippen molar-refractivity contribution in [2.24, 2.45) is 0 Å². The topological polar surface area (TPSA) is 101 Å². The van der Waals surface area contributed by atoms with Gasteiger partial charge in [0.1, 0.15) is 17.3 Å². The maximum absolute atomic E-state index is 13.5. The van der Waals surface area contributed by atoms with Crippen LogP contribution >= 0.6 is 11.6 Å². The zero-order chi connectivity index (χ0) is 22.8. The maximum atomic E-state index is 13.5. The average molecular weight is 460 g/mol. The Balaban J connectivity index is 2.04. The van der Waals surface area contributed by atoms with Crippen LogP contribution in [0.4, 0.5) is 13.2 Å². The molecule has 0 spiro atoms. The fourth-order valence-electron chi connectivity index (χ4n) is 2.58. The summed E-state index contributed by atoms with van der Waals surface area (Å²) < 4.78 is 57.1. The van der Waals surface area contributed by atoms with Gasteiger partial charge in [-0.15, -0.1) is 0 Å². The zero-order valence-corrected chi connectivity index (χ0v) is 17.3. The van der Waals surface area contributed by atoms with Crippen molar-refractivity contribution < 1.29 is 32.2 Å². The first-order chi connectivity index (χ1) is 14.6. The lowest BCUT2D eigenvalue weighted by atomic mass is 10.2. The van der Waals surface area contributed by atoms with Gasteiger partial charge in [-0.05, 0) is 19.9 Å². The van der Waals surface area contributed by atoms with Crippen LogP contribution in [0.5, 0.6) is 5.88 Å². The summed E-state index contributed by atoms with van der Waals surface area (Å²) in [6, 6.07) is 0.743. The lowest BCUT2D eigenvalue weighted by molar-refractivity contribution is -0.152. The highest BCUT2D eigenvalue weighted by molar-refractivity contribution is 6.30. The van der Waals surface area contributed by atoms with Crippen molar-refractivity contribution in [2.75, 3.05) is 13.7 Å². The predicted octanol–water partition coefficient (Wildman–Crippen LogP) is 3.23. The Labute approximate surface area is 179 Å². The van der Waals surface area contributed by atoms with Gasteiger partial charge < -0.3 is 14.2 Å². The van der Waals surface area contributed by atoms with Crippen molar-refractivity contribution in [1.82, 2.24) is 24.7 Å². The quantitative estimate of drug-likeness (QED) is 0.496. The summed E-state index contributed by atoms with van der Waals surface area (Å²) in [5.74, 6) is -1.32. The van der Waals surface area contributed by atoms with E-state index >= 15 is 0 Å². The second-order valence-electron chi connectivity index (χ2n) is 6.51. The third-order valence-corrected chi connectivity index (χ3v) is 4.17. The Kier molecular flexibility index (Phi) is 6.60. The summed E-state index contributed by atoms with van der Waals surface area (Å²) in [5, 5.41) is 3.93. The minimum Gasteiger partial charge on any atom is -0.466 e. The number of rotatable bonds is 7. The number of methoxy groups -OCH3 is 1. The second kappa shape index (κ2) is 9.02. The van der Waals surface area contributed by atoms with Crippen molar-refractivity contribution in [2.45, 2.75) is 32.2 Å². The standard InChI is InChI=1S/C18H17ClF3N5O4/c1-9(2)30-7-13(17(28)29-3)31-16-11-6-26-27(14(11)24-8-25-16)15-12(18(20,21)22)4-10(19)5-23-15/h4-6,8-9,13H,7H2,1-3H3. The molecule has 166 valence electrons. The molecule has 0 radical (unpaired) electrons. The molecule has 1 unspecified atom stereocenters. The fraction of sp³-hybridized carbons (Fsp3) is 0.389. The van der Waals surface area contributed by atoms with Crippen LogP contribution in [0, 0.1) is 0 Å². The van der Waals surface area contributed by atoms with Crippen LogP contribution in [0.15, 0.2) is 24.8 Å². The molecule has 0 saturated carbocycles. The molecule has 0 aliphatic heterocycles. The number of aromatic nitrogens is 5. The monoisotopic (exact) mass is 459 g/mol. The van der Waals surface area contributed by atoms with Gasteiger partial charge in [-0.3, -0.25) is 0 Å². The molecule has 0 bridgehead atoms. The Morgan fingerprint density at radius 1 is 1.23 bits per heavy atom. The van der Waals surface area contributed by atoms with E-state index in [4.69, 9.17) is 25.8 Å². The average Bonchev–Trinajstić information content (AvgIpc) is 3.14. The van der Waals surface area contributed by atoms with Gasteiger partial charge in [0.25, 0.3) is 0 Å². The Bertz CT molecular complexity index is 1090.